The van der Waals surface area contributed by atoms with Gasteiger partial charge in [-0.15, -0.1) is 0 Å². The second-order valence-electron chi connectivity index (χ2n) is 1.15. The van der Waals surface area contributed by atoms with Gasteiger partial charge in [-0.3, -0.25) is 0 Å². The molecule has 0 aromatic heterocycles. The summed E-state index contributed by atoms with van der Waals surface area (Å²) in [5.74, 6) is 0. The average Bonchev–Trinajstić information content (AvgIpc) is 1.60. The standard InChI is InChI=1S/C3H8.2HO3P/c1-3-2;2*1-4(2)3/h3H2,1-2H3;2*(H,1,2,3)/p-2. The van der Waals surface area contributed by atoms with Crippen LogP contribution in [0.25, 0.3) is 0 Å². The molecule has 0 aliphatic heterocycles. The fourth-order valence-corrected chi connectivity index (χ4v) is 0. The van der Waals surface area contributed by atoms with Crippen LogP contribution in [0, 0.1) is 0 Å². The smallest absolute Gasteiger partial charge is 0.276 e. The third-order valence-corrected chi connectivity index (χ3v) is 0. The zero-order valence-electron chi connectivity index (χ0n) is 6.05. The van der Waals surface area contributed by atoms with E-state index in [4.69, 9.17) is 28.7 Å². The van der Waals surface area contributed by atoms with Crippen molar-refractivity contribution in [3.8, 4) is 0 Å². The Kier molecular flexibility index (Phi) is 25.9. The van der Waals surface area contributed by atoms with E-state index in [1.165, 1.54) is 6.42 Å². The lowest BCUT2D eigenvalue weighted by Crippen LogP contribution is -1.97. The van der Waals surface area contributed by atoms with Gasteiger partial charge < -0.3 is 19.6 Å². The van der Waals surface area contributed by atoms with E-state index in [2.05, 4.69) is 13.8 Å². The third kappa shape index (κ3) is 406000. The maximum atomic E-state index is 8.48. The minimum Gasteiger partial charge on any atom is -0.598 e. The molecule has 0 atom stereocenters. The molecular formula is C3H8O6P2-2. The van der Waals surface area contributed by atoms with Gasteiger partial charge in [-0.1, -0.05) is 29.4 Å². The number of hydrogen-bond acceptors (Lipinski definition) is 6. The second kappa shape index (κ2) is 16.6. The van der Waals surface area contributed by atoms with Gasteiger partial charge in [0.2, 0.25) is 0 Å². The van der Waals surface area contributed by atoms with E-state index in [9.17, 15) is 0 Å². The summed E-state index contributed by atoms with van der Waals surface area (Å²) >= 11 is 0. The lowest BCUT2D eigenvalue weighted by molar-refractivity contribution is -0.298. The SMILES string of the molecule is CCC.O=[P+]([O-])[O-].O=[P+]([O-])[O-]. The molecular weight excluding hydrogens is 194 g/mol. The molecule has 0 N–H and O–H groups in total. The van der Waals surface area contributed by atoms with Crippen LogP contribution >= 0.6 is 16.5 Å². The van der Waals surface area contributed by atoms with Crippen LogP contribution in [0.4, 0.5) is 0 Å². The monoisotopic (exact) mass is 202 g/mol. The fourth-order valence-electron chi connectivity index (χ4n) is 0. The van der Waals surface area contributed by atoms with Crippen molar-refractivity contribution in [1.82, 2.24) is 0 Å². The number of hydrogen-bond donors (Lipinski definition) is 0. The van der Waals surface area contributed by atoms with Gasteiger partial charge in [0.1, 0.15) is 0 Å². The fraction of sp³-hybridized carbons (Fsp3) is 1.00. The van der Waals surface area contributed by atoms with Crippen LogP contribution in [0.1, 0.15) is 20.3 Å². The molecule has 6 nitrogen and oxygen atoms in total. The van der Waals surface area contributed by atoms with Crippen LogP contribution in [0.2, 0.25) is 0 Å². The van der Waals surface area contributed by atoms with Crippen molar-refractivity contribution in [3.63, 3.8) is 0 Å². The van der Waals surface area contributed by atoms with Crippen molar-refractivity contribution < 1.29 is 28.7 Å². The van der Waals surface area contributed by atoms with Crippen LogP contribution in [0.5, 0.6) is 0 Å². The quantitative estimate of drug-likeness (QED) is 0.424. The maximum Gasteiger partial charge on any atom is 0.276 e. The third-order valence-electron chi connectivity index (χ3n) is 0. The highest BCUT2D eigenvalue weighted by molar-refractivity contribution is 7.27. The molecule has 11 heavy (non-hydrogen) atoms. The van der Waals surface area contributed by atoms with Crippen LogP contribution in [0.3, 0.4) is 0 Å². The van der Waals surface area contributed by atoms with Crippen molar-refractivity contribution in [1.29, 1.82) is 0 Å². The minimum absolute atomic E-state index is 1.25. The Hall–Kier alpha value is 0.0400. The molecule has 0 aromatic rings. The predicted molar refractivity (Wildman–Crippen MR) is 31.2 cm³/mol. The first-order chi connectivity index (χ1) is 4.88. The predicted octanol–water partition coefficient (Wildman–Crippen LogP) is -1.85. The molecule has 0 aliphatic rings. The van der Waals surface area contributed by atoms with E-state index in [1.807, 2.05) is 0 Å². The van der Waals surface area contributed by atoms with Crippen molar-refractivity contribution in [3.05, 3.63) is 0 Å². The van der Waals surface area contributed by atoms with Gasteiger partial charge in [0, 0.05) is 0 Å². The Morgan fingerprint density at radius 2 is 0.909 bits per heavy atom. The molecule has 0 saturated heterocycles. The highest BCUT2D eigenvalue weighted by Gasteiger charge is 1.53. The number of rotatable bonds is 0. The van der Waals surface area contributed by atoms with Crippen molar-refractivity contribution in [2.45, 2.75) is 20.3 Å². The van der Waals surface area contributed by atoms with Crippen LogP contribution < -0.4 is 19.6 Å². The molecule has 0 fully saturated rings. The summed E-state index contributed by atoms with van der Waals surface area (Å²) in [4.78, 5) is 33.9. The molecule has 0 rings (SSSR count). The van der Waals surface area contributed by atoms with E-state index in [-0.39, 0.29) is 0 Å². The Labute approximate surface area is 66.4 Å². The first-order valence-corrected chi connectivity index (χ1v) is 4.70. The summed E-state index contributed by atoms with van der Waals surface area (Å²) in [5, 5.41) is 0. The summed E-state index contributed by atoms with van der Waals surface area (Å²) in [6.45, 7) is 4.25. The summed E-state index contributed by atoms with van der Waals surface area (Å²) < 4.78 is 17.0. The van der Waals surface area contributed by atoms with Gasteiger partial charge in [-0.05, 0) is 0 Å². The summed E-state index contributed by atoms with van der Waals surface area (Å²) in [5.41, 5.74) is 0. The molecule has 0 aromatic carbocycles. The Balaban J connectivity index is -0.0000000886. The largest absolute Gasteiger partial charge is 0.598 e. The van der Waals surface area contributed by atoms with E-state index < -0.39 is 16.5 Å². The van der Waals surface area contributed by atoms with Crippen molar-refractivity contribution in [2.75, 3.05) is 0 Å². The highest BCUT2D eigenvalue weighted by Crippen LogP contribution is 1.80. The topological polar surface area (TPSA) is 126 Å². The van der Waals surface area contributed by atoms with Gasteiger partial charge in [0.05, 0.1) is 0 Å². The van der Waals surface area contributed by atoms with E-state index in [0.29, 0.717) is 0 Å². The lowest BCUT2D eigenvalue weighted by atomic mass is 10.6. The molecule has 0 bridgehead atoms. The Bertz CT molecular complexity index is 84.0. The van der Waals surface area contributed by atoms with Crippen molar-refractivity contribution >= 4 is 16.5 Å². The molecule has 0 saturated carbocycles. The minimum atomic E-state index is -3.37. The van der Waals surface area contributed by atoms with Gasteiger partial charge in [0.25, 0.3) is 16.5 Å². The first kappa shape index (κ1) is 17.2. The zero-order valence-corrected chi connectivity index (χ0v) is 7.84. The van der Waals surface area contributed by atoms with E-state index >= 15 is 0 Å². The van der Waals surface area contributed by atoms with Gasteiger partial charge in [0.15, 0.2) is 0 Å². The molecule has 0 unspecified atom stereocenters. The molecule has 68 valence electrons. The normalized spacial score (nSPS) is 6.36. The van der Waals surface area contributed by atoms with Gasteiger partial charge in [-0.2, -0.15) is 0 Å². The Morgan fingerprint density at radius 3 is 0.909 bits per heavy atom. The molecule has 0 aliphatic carbocycles. The molecule has 0 radical (unpaired) electrons. The van der Waals surface area contributed by atoms with Gasteiger partial charge >= 0.3 is 0 Å². The van der Waals surface area contributed by atoms with Gasteiger partial charge in [-0.25, -0.2) is 0 Å². The van der Waals surface area contributed by atoms with Crippen molar-refractivity contribution in [2.24, 2.45) is 0 Å². The van der Waals surface area contributed by atoms with Crippen LogP contribution in [0.15, 0.2) is 0 Å². The first-order valence-electron chi connectivity index (χ1n) is 2.51. The molecule has 0 spiro atoms. The zero-order chi connectivity index (χ0) is 9.86. The molecule has 0 amide bonds. The molecule has 8 heteroatoms. The van der Waals surface area contributed by atoms with Crippen LogP contribution in [-0.2, 0) is 9.13 Å². The lowest BCUT2D eigenvalue weighted by Gasteiger charge is -1.75. The van der Waals surface area contributed by atoms with E-state index in [1.54, 1.807) is 0 Å². The highest BCUT2D eigenvalue weighted by atomic mass is 31.1. The van der Waals surface area contributed by atoms with E-state index in [0.717, 1.165) is 0 Å². The maximum absolute atomic E-state index is 8.48. The average molecular weight is 202 g/mol. The summed E-state index contributed by atoms with van der Waals surface area (Å²) in [6.07, 6.45) is 1.25. The summed E-state index contributed by atoms with van der Waals surface area (Å²) in [7, 11) is -6.74. The molecule has 0 heterocycles. The Morgan fingerprint density at radius 1 is 0.909 bits per heavy atom. The van der Waals surface area contributed by atoms with Crippen LogP contribution in [-0.4, -0.2) is 0 Å². The summed E-state index contributed by atoms with van der Waals surface area (Å²) in [6, 6.07) is 0. The second-order valence-corrected chi connectivity index (χ2v) is 2.05.